The van der Waals surface area contributed by atoms with E-state index in [0.29, 0.717) is 6.04 Å². The van der Waals surface area contributed by atoms with Gasteiger partial charge in [-0.05, 0) is 12.8 Å². The SMILES string of the molecule is CN(NC1CCCCC1)C(=O)CC(=O)NN. The van der Waals surface area contributed by atoms with Crippen LogP contribution in [0.15, 0.2) is 0 Å². The molecule has 1 aliphatic carbocycles. The first-order valence-electron chi connectivity index (χ1n) is 5.65. The van der Waals surface area contributed by atoms with E-state index in [1.807, 2.05) is 5.43 Å². The molecular formula is C10H20N4O2. The average Bonchev–Trinajstić information content (AvgIpc) is 2.30. The topological polar surface area (TPSA) is 87.5 Å². The summed E-state index contributed by atoms with van der Waals surface area (Å²) < 4.78 is 0. The summed E-state index contributed by atoms with van der Waals surface area (Å²) in [4.78, 5) is 22.4. The number of hydrogen-bond donors (Lipinski definition) is 3. The van der Waals surface area contributed by atoms with Gasteiger partial charge in [-0.15, -0.1) is 0 Å². The summed E-state index contributed by atoms with van der Waals surface area (Å²) in [5.74, 6) is 4.17. The minimum Gasteiger partial charge on any atom is -0.294 e. The van der Waals surface area contributed by atoms with Gasteiger partial charge < -0.3 is 0 Å². The van der Waals surface area contributed by atoms with Crippen molar-refractivity contribution in [3.63, 3.8) is 0 Å². The molecule has 1 rings (SSSR count). The summed E-state index contributed by atoms with van der Waals surface area (Å²) in [7, 11) is 1.64. The van der Waals surface area contributed by atoms with Gasteiger partial charge in [0, 0.05) is 13.1 Å². The Bertz CT molecular complexity index is 251. The van der Waals surface area contributed by atoms with E-state index in [0.717, 1.165) is 12.8 Å². The summed E-state index contributed by atoms with van der Waals surface area (Å²) in [6.45, 7) is 0. The van der Waals surface area contributed by atoms with Gasteiger partial charge in [-0.3, -0.25) is 20.0 Å². The summed E-state index contributed by atoms with van der Waals surface area (Å²) in [6.07, 6.45) is 5.62. The molecule has 92 valence electrons. The van der Waals surface area contributed by atoms with E-state index in [1.54, 1.807) is 7.05 Å². The Morgan fingerprint density at radius 1 is 1.31 bits per heavy atom. The molecule has 0 aromatic heterocycles. The fraction of sp³-hybridized carbons (Fsp3) is 0.800. The molecule has 6 heteroatoms. The maximum atomic E-state index is 11.5. The molecule has 0 saturated heterocycles. The zero-order chi connectivity index (χ0) is 12.0. The van der Waals surface area contributed by atoms with Crippen molar-refractivity contribution in [3.05, 3.63) is 0 Å². The van der Waals surface area contributed by atoms with E-state index in [2.05, 4.69) is 5.43 Å². The standard InChI is InChI=1S/C10H20N4O2/c1-14(10(16)7-9(15)12-11)13-8-5-3-2-4-6-8/h8,13H,2-7,11H2,1H3,(H,12,15). The maximum absolute atomic E-state index is 11.5. The Balaban J connectivity index is 2.29. The zero-order valence-corrected chi connectivity index (χ0v) is 9.66. The number of amides is 2. The predicted molar refractivity (Wildman–Crippen MR) is 59.7 cm³/mol. The molecule has 0 spiro atoms. The van der Waals surface area contributed by atoms with E-state index >= 15 is 0 Å². The quantitative estimate of drug-likeness (QED) is 0.266. The molecule has 0 aliphatic heterocycles. The Hall–Kier alpha value is -1.14. The molecule has 0 radical (unpaired) electrons. The lowest BCUT2D eigenvalue weighted by Crippen LogP contribution is -2.48. The van der Waals surface area contributed by atoms with Crippen LogP contribution in [0.25, 0.3) is 0 Å². The third-order valence-electron chi connectivity index (χ3n) is 2.83. The highest BCUT2D eigenvalue weighted by Crippen LogP contribution is 2.17. The zero-order valence-electron chi connectivity index (χ0n) is 9.66. The molecule has 1 saturated carbocycles. The van der Waals surface area contributed by atoms with Crippen LogP contribution in [-0.4, -0.2) is 29.9 Å². The monoisotopic (exact) mass is 228 g/mol. The second-order valence-electron chi connectivity index (χ2n) is 4.16. The number of carbonyl (C=O) groups excluding carboxylic acids is 2. The Kier molecular flexibility index (Phi) is 5.21. The highest BCUT2D eigenvalue weighted by atomic mass is 16.2. The highest BCUT2D eigenvalue weighted by molar-refractivity contribution is 5.96. The van der Waals surface area contributed by atoms with E-state index in [-0.39, 0.29) is 12.3 Å². The van der Waals surface area contributed by atoms with Crippen LogP contribution in [0.5, 0.6) is 0 Å². The molecule has 4 N–H and O–H groups in total. The van der Waals surface area contributed by atoms with E-state index < -0.39 is 5.91 Å². The predicted octanol–water partition coefficient (Wildman–Crippen LogP) is -0.338. The fourth-order valence-electron chi connectivity index (χ4n) is 1.88. The van der Waals surface area contributed by atoms with Crippen LogP contribution in [-0.2, 0) is 9.59 Å². The highest BCUT2D eigenvalue weighted by Gasteiger charge is 2.18. The normalized spacial score (nSPS) is 16.9. The molecule has 1 aliphatic rings. The number of rotatable bonds is 4. The minimum atomic E-state index is -0.470. The third kappa shape index (κ3) is 4.16. The lowest BCUT2D eigenvalue weighted by Gasteiger charge is -2.28. The van der Waals surface area contributed by atoms with Gasteiger partial charge in [-0.1, -0.05) is 19.3 Å². The second kappa shape index (κ2) is 6.44. The van der Waals surface area contributed by atoms with Crippen LogP contribution in [0.3, 0.4) is 0 Å². The lowest BCUT2D eigenvalue weighted by molar-refractivity contribution is -0.138. The van der Waals surface area contributed by atoms with Gasteiger partial charge in [0.15, 0.2) is 0 Å². The second-order valence-corrected chi connectivity index (χ2v) is 4.16. The Labute approximate surface area is 95.5 Å². The summed E-state index contributed by atoms with van der Waals surface area (Å²) >= 11 is 0. The molecule has 6 nitrogen and oxygen atoms in total. The molecule has 0 aromatic rings. The van der Waals surface area contributed by atoms with Crippen LogP contribution in [0.1, 0.15) is 38.5 Å². The van der Waals surface area contributed by atoms with Crippen LogP contribution < -0.4 is 16.7 Å². The van der Waals surface area contributed by atoms with Crippen LogP contribution >= 0.6 is 0 Å². The van der Waals surface area contributed by atoms with Crippen molar-refractivity contribution in [2.45, 2.75) is 44.6 Å². The molecule has 16 heavy (non-hydrogen) atoms. The van der Waals surface area contributed by atoms with Crippen LogP contribution in [0, 0.1) is 0 Å². The first-order valence-corrected chi connectivity index (χ1v) is 5.65. The number of hydrazine groups is 2. The van der Waals surface area contributed by atoms with Gasteiger partial charge in [-0.25, -0.2) is 11.3 Å². The number of carbonyl (C=O) groups is 2. The summed E-state index contributed by atoms with van der Waals surface area (Å²) in [6, 6.07) is 0.351. The first-order chi connectivity index (χ1) is 7.63. The summed E-state index contributed by atoms with van der Waals surface area (Å²) in [5.41, 5.74) is 5.05. The van der Waals surface area contributed by atoms with E-state index in [1.165, 1.54) is 24.3 Å². The van der Waals surface area contributed by atoms with Crippen LogP contribution in [0.4, 0.5) is 0 Å². The van der Waals surface area contributed by atoms with Gasteiger partial charge in [0.25, 0.3) is 0 Å². The minimum absolute atomic E-state index is 0.216. The van der Waals surface area contributed by atoms with Gasteiger partial charge >= 0.3 is 0 Å². The Morgan fingerprint density at radius 3 is 2.50 bits per heavy atom. The number of nitrogens with zero attached hydrogens (tertiary/aromatic N) is 1. The van der Waals surface area contributed by atoms with Crippen LogP contribution in [0.2, 0.25) is 0 Å². The molecule has 0 atom stereocenters. The average molecular weight is 228 g/mol. The van der Waals surface area contributed by atoms with Crippen molar-refractivity contribution in [3.8, 4) is 0 Å². The van der Waals surface area contributed by atoms with Gasteiger partial charge in [-0.2, -0.15) is 0 Å². The molecule has 0 heterocycles. The number of nitrogens with one attached hydrogen (secondary N) is 2. The molecule has 0 bridgehead atoms. The molecule has 2 amide bonds. The van der Waals surface area contributed by atoms with E-state index in [9.17, 15) is 9.59 Å². The van der Waals surface area contributed by atoms with E-state index in [4.69, 9.17) is 5.84 Å². The van der Waals surface area contributed by atoms with Crippen molar-refractivity contribution in [2.24, 2.45) is 5.84 Å². The first kappa shape index (κ1) is 12.9. The van der Waals surface area contributed by atoms with Crippen molar-refractivity contribution in [2.75, 3.05) is 7.05 Å². The Morgan fingerprint density at radius 2 is 1.94 bits per heavy atom. The smallest absolute Gasteiger partial charge is 0.245 e. The molecular weight excluding hydrogens is 208 g/mol. The number of nitrogens with two attached hydrogens (primary N) is 1. The largest absolute Gasteiger partial charge is 0.294 e. The van der Waals surface area contributed by atoms with Crippen molar-refractivity contribution in [1.29, 1.82) is 0 Å². The van der Waals surface area contributed by atoms with Gasteiger partial charge in [0.1, 0.15) is 6.42 Å². The van der Waals surface area contributed by atoms with Gasteiger partial charge in [0.2, 0.25) is 11.8 Å². The molecule has 0 unspecified atom stereocenters. The van der Waals surface area contributed by atoms with Crippen molar-refractivity contribution in [1.82, 2.24) is 15.9 Å². The lowest BCUT2D eigenvalue weighted by atomic mass is 9.96. The molecule has 1 fully saturated rings. The number of hydrogen-bond acceptors (Lipinski definition) is 4. The fourth-order valence-corrected chi connectivity index (χ4v) is 1.88. The molecule has 0 aromatic carbocycles. The van der Waals surface area contributed by atoms with Crippen molar-refractivity contribution < 1.29 is 9.59 Å². The van der Waals surface area contributed by atoms with Gasteiger partial charge in [0.05, 0.1) is 0 Å². The maximum Gasteiger partial charge on any atom is 0.245 e. The summed E-state index contributed by atoms with van der Waals surface area (Å²) in [5, 5.41) is 1.39. The van der Waals surface area contributed by atoms with Crippen molar-refractivity contribution >= 4 is 11.8 Å². The third-order valence-corrected chi connectivity index (χ3v) is 2.83.